The highest BCUT2D eigenvalue weighted by atomic mass is 35.5. The van der Waals surface area contributed by atoms with E-state index in [0.29, 0.717) is 16.5 Å². The summed E-state index contributed by atoms with van der Waals surface area (Å²) in [6.45, 7) is 1.98. The van der Waals surface area contributed by atoms with Gasteiger partial charge in [-0.1, -0.05) is 23.7 Å². The molecule has 1 heterocycles. The summed E-state index contributed by atoms with van der Waals surface area (Å²) in [7, 11) is 0. The van der Waals surface area contributed by atoms with Gasteiger partial charge in [-0.15, -0.1) is 0 Å². The smallest absolute Gasteiger partial charge is 0.142 e. The topological polar surface area (TPSA) is 48.7 Å². The van der Waals surface area contributed by atoms with Crippen molar-refractivity contribution in [3.05, 3.63) is 52.7 Å². The van der Waals surface area contributed by atoms with Crippen molar-refractivity contribution >= 4 is 23.1 Å². The Kier molecular flexibility index (Phi) is 3.27. The van der Waals surface area contributed by atoms with Gasteiger partial charge in [0.1, 0.15) is 17.6 Å². The Morgan fingerprint density at radius 3 is 2.88 bits per heavy atom. The van der Waals surface area contributed by atoms with E-state index in [1.807, 2.05) is 31.2 Å². The highest BCUT2D eigenvalue weighted by Crippen LogP contribution is 2.23. The molecule has 0 amide bonds. The monoisotopic (exact) mass is 243 g/mol. The molecule has 0 saturated carbocycles. The molecule has 0 fully saturated rings. The molecule has 0 radical (unpaired) electrons. The van der Waals surface area contributed by atoms with Gasteiger partial charge >= 0.3 is 0 Å². The van der Waals surface area contributed by atoms with E-state index in [1.54, 1.807) is 18.2 Å². The lowest BCUT2D eigenvalue weighted by Gasteiger charge is -2.09. The van der Waals surface area contributed by atoms with Crippen LogP contribution in [-0.2, 0) is 0 Å². The number of rotatable bonds is 2. The molecule has 1 N–H and O–H groups in total. The number of halogens is 1. The van der Waals surface area contributed by atoms with Gasteiger partial charge in [0.15, 0.2) is 0 Å². The van der Waals surface area contributed by atoms with Crippen LogP contribution < -0.4 is 5.32 Å². The Labute approximate surface area is 105 Å². The Morgan fingerprint density at radius 2 is 2.12 bits per heavy atom. The van der Waals surface area contributed by atoms with Gasteiger partial charge < -0.3 is 5.32 Å². The second-order valence-electron chi connectivity index (χ2n) is 3.60. The zero-order valence-corrected chi connectivity index (χ0v) is 9.99. The first kappa shape index (κ1) is 11.4. The lowest BCUT2D eigenvalue weighted by atomic mass is 10.2. The number of anilines is 2. The zero-order chi connectivity index (χ0) is 12.3. The van der Waals surface area contributed by atoms with Crippen LogP contribution in [0.15, 0.2) is 36.4 Å². The summed E-state index contributed by atoms with van der Waals surface area (Å²) in [4.78, 5) is 4.14. The van der Waals surface area contributed by atoms with Crippen LogP contribution in [0, 0.1) is 18.3 Å². The number of aromatic nitrogens is 1. The Hall–Kier alpha value is -2.05. The predicted octanol–water partition coefficient (Wildman–Crippen LogP) is 3.66. The first-order valence-electron chi connectivity index (χ1n) is 5.09. The molecule has 1 aromatic heterocycles. The van der Waals surface area contributed by atoms with Crippen molar-refractivity contribution in [1.29, 1.82) is 5.26 Å². The Balaban J connectivity index is 2.31. The third-order valence-electron chi connectivity index (χ3n) is 2.33. The molecule has 3 nitrogen and oxygen atoms in total. The number of nitrogens with one attached hydrogen (secondary N) is 1. The van der Waals surface area contributed by atoms with Crippen molar-refractivity contribution in [2.45, 2.75) is 6.92 Å². The molecule has 0 spiro atoms. The summed E-state index contributed by atoms with van der Waals surface area (Å²) in [6, 6.07) is 12.9. The fourth-order valence-corrected chi connectivity index (χ4v) is 1.61. The molecule has 0 unspecified atom stereocenters. The Morgan fingerprint density at radius 1 is 1.29 bits per heavy atom. The molecular weight excluding hydrogens is 234 g/mol. The van der Waals surface area contributed by atoms with E-state index in [-0.39, 0.29) is 0 Å². The van der Waals surface area contributed by atoms with Gasteiger partial charge in [0.05, 0.1) is 0 Å². The minimum atomic E-state index is 0.384. The van der Waals surface area contributed by atoms with Crippen LogP contribution in [0.3, 0.4) is 0 Å². The summed E-state index contributed by atoms with van der Waals surface area (Å²) in [5.41, 5.74) is 2.34. The van der Waals surface area contributed by atoms with Gasteiger partial charge in [0.25, 0.3) is 0 Å². The number of benzene rings is 1. The summed E-state index contributed by atoms with van der Waals surface area (Å²) >= 11 is 5.93. The van der Waals surface area contributed by atoms with Gasteiger partial charge in [0, 0.05) is 10.7 Å². The van der Waals surface area contributed by atoms with Crippen molar-refractivity contribution in [3.63, 3.8) is 0 Å². The van der Waals surface area contributed by atoms with Crippen molar-refractivity contribution in [1.82, 2.24) is 4.98 Å². The maximum Gasteiger partial charge on any atom is 0.142 e. The van der Waals surface area contributed by atoms with Crippen LogP contribution in [0.1, 0.15) is 11.3 Å². The molecule has 84 valence electrons. The second-order valence-corrected chi connectivity index (χ2v) is 4.04. The number of aryl methyl sites for hydroxylation is 1. The van der Waals surface area contributed by atoms with E-state index in [9.17, 15) is 0 Å². The maximum absolute atomic E-state index is 8.77. The lowest BCUT2D eigenvalue weighted by Crippen LogP contribution is -1.96. The molecule has 2 aromatic rings. The largest absolute Gasteiger partial charge is 0.340 e. The van der Waals surface area contributed by atoms with Crippen LogP contribution in [0.2, 0.25) is 5.02 Å². The molecule has 17 heavy (non-hydrogen) atoms. The molecule has 2 rings (SSSR count). The van der Waals surface area contributed by atoms with Gasteiger partial charge in [-0.05, 0) is 36.8 Å². The van der Waals surface area contributed by atoms with E-state index in [0.717, 1.165) is 11.3 Å². The van der Waals surface area contributed by atoms with Crippen molar-refractivity contribution in [2.24, 2.45) is 0 Å². The minimum absolute atomic E-state index is 0.384. The van der Waals surface area contributed by atoms with E-state index < -0.39 is 0 Å². The molecule has 1 aromatic carbocycles. The van der Waals surface area contributed by atoms with Crippen molar-refractivity contribution in [2.75, 3.05) is 5.32 Å². The molecular formula is C13H10ClN3. The number of nitriles is 1. The third-order valence-corrected chi connectivity index (χ3v) is 2.56. The molecule has 0 atom stereocenters. The summed E-state index contributed by atoms with van der Waals surface area (Å²) < 4.78 is 0. The highest BCUT2D eigenvalue weighted by Gasteiger charge is 2.01. The van der Waals surface area contributed by atoms with E-state index in [2.05, 4.69) is 10.3 Å². The van der Waals surface area contributed by atoms with Crippen LogP contribution in [-0.4, -0.2) is 4.98 Å². The van der Waals surface area contributed by atoms with Crippen LogP contribution in [0.4, 0.5) is 11.5 Å². The predicted molar refractivity (Wildman–Crippen MR) is 68.4 cm³/mol. The first-order chi connectivity index (χ1) is 8.19. The second kappa shape index (κ2) is 4.86. The number of hydrogen-bond donors (Lipinski definition) is 1. The van der Waals surface area contributed by atoms with Gasteiger partial charge in [0.2, 0.25) is 0 Å². The standard InChI is InChI=1S/C13H10ClN3/c1-9-5-6-10(14)7-12(9)17-13-4-2-3-11(8-15)16-13/h2-7H,1H3,(H,16,17). The number of hydrogen-bond acceptors (Lipinski definition) is 3. The fourth-order valence-electron chi connectivity index (χ4n) is 1.43. The van der Waals surface area contributed by atoms with Crippen LogP contribution in [0.5, 0.6) is 0 Å². The molecule has 0 aliphatic heterocycles. The Bertz CT molecular complexity index is 587. The fraction of sp³-hybridized carbons (Fsp3) is 0.0769. The van der Waals surface area contributed by atoms with E-state index in [1.165, 1.54) is 0 Å². The van der Waals surface area contributed by atoms with Crippen LogP contribution >= 0.6 is 11.6 Å². The molecule has 0 saturated heterocycles. The lowest BCUT2D eigenvalue weighted by molar-refractivity contribution is 1.25. The molecule has 0 bridgehead atoms. The van der Waals surface area contributed by atoms with E-state index in [4.69, 9.17) is 16.9 Å². The summed E-state index contributed by atoms with van der Waals surface area (Å²) in [6.07, 6.45) is 0. The SMILES string of the molecule is Cc1ccc(Cl)cc1Nc1cccc(C#N)n1. The van der Waals surface area contributed by atoms with E-state index >= 15 is 0 Å². The first-order valence-corrected chi connectivity index (χ1v) is 5.47. The average molecular weight is 244 g/mol. The minimum Gasteiger partial charge on any atom is -0.340 e. The number of nitrogens with zero attached hydrogens (tertiary/aromatic N) is 2. The summed E-state index contributed by atoms with van der Waals surface area (Å²) in [5, 5.41) is 12.6. The highest BCUT2D eigenvalue weighted by molar-refractivity contribution is 6.30. The molecule has 0 aliphatic carbocycles. The number of pyridine rings is 1. The average Bonchev–Trinajstić information content (AvgIpc) is 2.34. The van der Waals surface area contributed by atoms with Gasteiger partial charge in [-0.2, -0.15) is 5.26 Å². The van der Waals surface area contributed by atoms with Crippen LogP contribution in [0.25, 0.3) is 0 Å². The van der Waals surface area contributed by atoms with Gasteiger partial charge in [-0.25, -0.2) is 4.98 Å². The van der Waals surface area contributed by atoms with Crippen molar-refractivity contribution < 1.29 is 0 Å². The summed E-state index contributed by atoms with van der Waals surface area (Å²) in [5.74, 6) is 0.634. The third kappa shape index (κ3) is 2.74. The normalized spacial score (nSPS) is 9.71. The van der Waals surface area contributed by atoms with Gasteiger partial charge in [-0.3, -0.25) is 0 Å². The quantitative estimate of drug-likeness (QED) is 0.876. The maximum atomic E-state index is 8.77. The zero-order valence-electron chi connectivity index (χ0n) is 9.24. The molecule has 4 heteroatoms. The van der Waals surface area contributed by atoms with Crippen molar-refractivity contribution in [3.8, 4) is 6.07 Å². The molecule has 0 aliphatic rings.